The third-order valence-corrected chi connectivity index (χ3v) is 3.41. The monoisotopic (exact) mass is 236 g/mol. The van der Waals surface area contributed by atoms with E-state index in [1.54, 1.807) is 0 Å². The smallest absolute Gasteiger partial charge is 0.336 e. The molecule has 0 bridgehead atoms. The van der Waals surface area contributed by atoms with Crippen LogP contribution >= 0.6 is 0 Å². The maximum atomic E-state index is 11.5. The van der Waals surface area contributed by atoms with Crippen molar-refractivity contribution in [1.82, 2.24) is 0 Å². The van der Waals surface area contributed by atoms with Gasteiger partial charge in [-0.3, -0.25) is 0 Å². The third kappa shape index (κ3) is 1.39. The van der Waals surface area contributed by atoms with Crippen LogP contribution in [0.1, 0.15) is 15.9 Å². The maximum Gasteiger partial charge on any atom is 0.336 e. The Morgan fingerprint density at radius 2 is 1.28 bits per heavy atom. The van der Waals surface area contributed by atoms with Crippen LogP contribution in [0, 0.1) is 6.92 Å². The summed E-state index contributed by atoms with van der Waals surface area (Å²) in [6.07, 6.45) is 0. The summed E-state index contributed by atoms with van der Waals surface area (Å²) in [6.45, 7) is 1.87. The lowest BCUT2D eigenvalue weighted by atomic mass is 9.92. The molecule has 0 amide bonds. The predicted molar refractivity (Wildman–Crippen MR) is 73.2 cm³/mol. The molecule has 0 aliphatic rings. The topological polar surface area (TPSA) is 37.3 Å². The Hall–Kier alpha value is -2.35. The molecule has 0 fully saturated rings. The Morgan fingerprint density at radius 1 is 0.833 bits per heavy atom. The van der Waals surface area contributed by atoms with E-state index in [0.29, 0.717) is 5.56 Å². The van der Waals surface area contributed by atoms with E-state index in [9.17, 15) is 9.90 Å². The summed E-state index contributed by atoms with van der Waals surface area (Å²) in [5.74, 6) is -0.866. The van der Waals surface area contributed by atoms with Crippen LogP contribution in [0.3, 0.4) is 0 Å². The lowest BCUT2D eigenvalue weighted by Gasteiger charge is -2.11. The van der Waals surface area contributed by atoms with Gasteiger partial charge >= 0.3 is 5.97 Å². The fourth-order valence-electron chi connectivity index (χ4n) is 2.59. The normalized spacial score (nSPS) is 10.9. The average molecular weight is 236 g/mol. The molecule has 0 saturated heterocycles. The molecule has 0 spiro atoms. The van der Waals surface area contributed by atoms with E-state index in [2.05, 4.69) is 0 Å². The van der Waals surface area contributed by atoms with Gasteiger partial charge in [0.2, 0.25) is 0 Å². The molecule has 18 heavy (non-hydrogen) atoms. The number of rotatable bonds is 1. The standard InChI is InChI=1S/C16H12O2/c1-10-11-6-2-3-7-12(11)13-8-4-5-9-14(13)15(10)16(17)18/h2-9H,1H3,(H,17,18). The van der Waals surface area contributed by atoms with Gasteiger partial charge in [-0.25, -0.2) is 4.79 Å². The molecule has 0 saturated carbocycles. The second kappa shape index (κ2) is 3.84. The van der Waals surface area contributed by atoms with Crippen LogP contribution in [0.4, 0.5) is 0 Å². The van der Waals surface area contributed by atoms with E-state index in [0.717, 1.165) is 27.1 Å². The Kier molecular flexibility index (Phi) is 2.30. The largest absolute Gasteiger partial charge is 0.478 e. The summed E-state index contributed by atoms with van der Waals surface area (Å²) in [5, 5.41) is 13.3. The fourth-order valence-corrected chi connectivity index (χ4v) is 2.59. The molecule has 3 aromatic rings. The summed E-state index contributed by atoms with van der Waals surface area (Å²) < 4.78 is 0. The van der Waals surface area contributed by atoms with Gasteiger partial charge in [0.05, 0.1) is 5.56 Å². The van der Waals surface area contributed by atoms with Crippen molar-refractivity contribution in [3.8, 4) is 0 Å². The average Bonchev–Trinajstić information content (AvgIpc) is 2.39. The molecule has 2 heteroatoms. The summed E-state index contributed by atoms with van der Waals surface area (Å²) in [6, 6.07) is 15.6. The molecule has 0 radical (unpaired) electrons. The van der Waals surface area contributed by atoms with Gasteiger partial charge in [0.15, 0.2) is 0 Å². The van der Waals surface area contributed by atoms with Crippen LogP contribution in [0.25, 0.3) is 21.5 Å². The molecular formula is C16H12O2. The lowest BCUT2D eigenvalue weighted by molar-refractivity contribution is 0.0698. The van der Waals surface area contributed by atoms with Gasteiger partial charge in [-0.15, -0.1) is 0 Å². The number of benzene rings is 3. The molecule has 3 aromatic carbocycles. The second-order valence-corrected chi connectivity index (χ2v) is 4.40. The SMILES string of the molecule is Cc1c(C(=O)O)c2ccccc2c2ccccc12. The summed E-state index contributed by atoms with van der Waals surface area (Å²) >= 11 is 0. The van der Waals surface area contributed by atoms with Crippen LogP contribution in [-0.4, -0.2) is 11.1 Å². The lowest BCUT2D eigenvalue weighted by Crippen LogP contribution is -2.02. The molecule has 2 nitrogen and oxygen atoms in total. The Labute approximate surface area is 104 Å². The maximum absolute atomic E-state index is 11.5. The van der Waals surface area contributed by atoms with E-state index in [1.165, 1.54) is 0 Å². The van der Waals surface area contributed by atoms with Gasteiger partial charge in [-0.05, 0) is 34.0 Å². The van der Waals surface area contributed by atoms with Crippen molar-refractivity contribution in [1.29, 1.82) is 0 Å². The minimum Gasteiger partial charge on any atom is -0.478 e. The van der Waals surface area contributed by atoms with Gasteiger partial charge in [0.1, 0.15) is 0 Å². The van der Waals surface area contributed by atoms with Crippen molar-refractivity contribution < 1.29 is 9.90 Å². The van der Waals surface area contributed by atoms with Gasteiger partial charge in [0.25, 0.3) is 0 Å². The number of hydrogen-bond acceptors (Lipinski definition) is 1. The molecule has 1 N–H and O–H groups in total. The number of carboxylic acid groups (broad SMARTS) is 1. The number of aryl methyl sites for hydroxylation is 1. The zero-order chi connectivity index (χ0) is 12.7. The Balaban J connectivity index is 2.66. The van der Waals surface area contributed by atoms with Crippen molar-refractivity contribution in [3.63, 3.8) is 0 Å². The molecule has 0 unspecified atom stereocenters. The van der Waals surface area contributed by atoms with Crippen molar-refractivity contribution in [2.24, 2.45) is 0 Å². The number of carbonyl (C=O) groups is 1. The van der Waals surface area contributed by atoms with E-state index < -0.39 is 5.97 Å². The van der Waals surface area contributed by atoms with E-state index in [1.807, 2.05) is 55.5 Å². The molecule has 0 atom stereocenters. The first-order valence-electron chi connectivity index (χ1n) is 5.83. The minimum atomic E-state index is -0.866. The van der Waals surface area contributed by atoms with Gasteiger partial charge in [-0.1, -0.05) is 48.5 Å². The highest BCUT2D eigenvalue weighted by molar-refractivity contribution is 6.17. The summed E-state index contributed by atoms with van der Waals surface area (Å²) in [5.41, 5.74) is 1.24. The molecule has 0 aliphatic heterocycles. The van der Waals surface area contributed by atoms with Crippen LogP contribution < -0.4 is 0 Å². The summed E-state index contributed by atoms with van der Waals surface area (Å²) in [4.78, 5) is 11.5. The Morgan fingerprint density at radius 3 is 1.83 bits per heavy atom. The van der Waals surface area contributed by atoms with Gasteiger partial charge in [-0.2, -0.15) is 0 Å². The van der Waals surface area contributed by atoms with Crippen molar-refractivity contribution >= 4 is 27.5 Å². The van der Waals surface area contributed by atoms with Crippen LogP contribution in [-0.2, 0) is 0 Å². The first kappa shape index (κ1) is 10.8. The minimum absolute atomic E-state index is 0.407. The molecule has 88 valence electrons. The zero-order valence-corrected chi connectivity index (χ0v) is 9.97. The van der Waals surface area contributed by atoms with Crippen LogP contribution in [0.2, 0.25) is 0 Å². The highest BCUT2D eigenvalue weighted by Crippen LogP contribution is 2.32. The van der Waals surface area contributed by atoms with Gasteiger partial charge in [0, 0.05) is 0 Å². The zero-order valence-electron chi connectivity index (χ0n) is 9.97. The van der Waals surface area contributed by atoms with E-state index >= 15 is 0 Å². The number of hydrogen-bond donors (Lipinski definition) is 1. The van der Waals surface area contributed by atoms with Crippen LogP contribution in [0.5, 0.6) is 0 Å². The summed E-state index contributed by atoms with van der Waals surface area (Å²) in [7, 11) is 0. The van der Waals surface area contributed by atoms with Crippen molar-refractivity contribution in [2.45, 2.75) is 6.92 Å². The van der Waals surface area contributed by atoms with Crippen LogP contribution in [0.15, 0.2) is 48.5 Å². The molecule has 0 aliphatic carbocycles. The fraction of sp³-hybridized carbons (Fsp3) is 0.0625. The van der Waals surface area contributed by atoms with Gasteiger partial charge < -0.3 is 5.11 Å². The number of carboxylic acids is 1. The number of aromatic carboxylic acids is 1. The highest BCUT2D eigenvalue weighted by atomic mass is 16.4. The predicted octanol–water partition coefficient (Wildman–Crippen LogP) is 4.00. The van der Waals surface area contributed by atoms with E-state index in [4.69, 9.17) is 0 Å². The third-order valence-electron chi connectivity index (χ3n) is 3.41. The first-order chi connectivity index (χ1) is 8.70. The molecule has 0 heterocycles. The second-order valence-electron chi connectivity index (χ2n) is 4.40. The molecule has 3 rings (SSSR count). The quantitative estimate of drug-likeness (QED) is 0.648. The van der Waals surface area contributed by atoms with Crippen molar-refractivity contribution in [3.05, 3.63) is 59.7 Å². The molecule has 0 aromatic heterocycles. The Bertz CT molecular complexity index is 772. The molecular weight excluding hydrogens is 224 g/mol. The van der Waals surface area contributed by atoms with E-state index in [-0.39, 0.29) is 0 Å². The number of fused-ring (bicyclic) bond motifs is 3. The van der Waals surface area contributed by atoms with Crippen molar-refractivity contribution in [2.75, 3.05) is 0 Å². The highest BCUT2D eigenvalue weighted by Gasteiger charge is 2.15. The first-order valence-corrected chi connectivity index (χ1v) is 5.83.